The van der Waals surface area contributed by atoms with Crippen molar-refractivity contribution in [3.63, 3.8) is 0 Å². The van der Waals surface area contributed by atoms with Crippen molar-refractivity contribution in [2.75, 3.05) is 18.5 Å². The lowest BCUT2D eigenvalue weighted by Gasteiger charge is -2.08. The molecule has 0 unspecified atom stereocenters. The van der Waals surface area contributed by atoms with Gasteiger partial charge in [0.25, 0.3) is 0 Å². The fourth-order valence-corrected chi connectivity index (χ4v) is 1.21. The third kappa shape index (κ3) is 3.94. The average molecular weight is 261 g/mol. The number of rotatable bonds is 6. The number of hydrogen-bond acceptors (Lipinski definition) is 3. The first-order valence-electron chi connectivity index (χ1n) is 5.59. The molecular formula is C12H14F3NO2. The zero-order valence-corrected chi connectivity index (χ0v) is 9.93. The van der Waals surface area contributed by atoms with E-state index in [9.17, 15) is 18.0 Å². The normalized spacial score (nSPS) is 10.2. The molecule has 3 nitrogen and oxygen atoms in total. The Labute approximate surface area is 103 Å². The topological polar surface area (TPSA) is 38.3 Å². The van der Waals surface area contributed by atoms with Crippen LogP contribution in [0.15, 0.2) is 12.1 Å². The number of carbonyl (C=O) groups is 1. The highest BCUT2D eigenvalue weighted by atomic mass is 19.2. The molecule has 0 saturated heterocycles. The Morgan fingerprint density at radius 3 is 2.67 bits per heavy atom. The summed E-state index contributed by atoms with van der Waals surface area (Å²) in [5, 5.41) is 2.35. The van der Waals surface area contributed by atoms with Crippen LogP contribution in [0.4, 0.5) is 18.9 Å². The van der Waals surface area contributed by atoms with Gasteiger partial charge in [-0.1, -0.05) is 13.3 Å². The summed E-state index contributed by atoms with van der Waals surface area (Å²) in [5.41, 5.74) is -0.277. The number of anilines is 1. The van der Waals surface area contributed by atoms with E-state index in [1.165, 1.54) is 0 Å². The number of unbranched alkanes of at least 4 members (excludes halogenated alkanes) is 1. The monoisotopic (exact) mass is 261 g/mol. The lowest BCUT2D eigenvalue weighted by Crippen LogP contribution is -2.18. The van der Waals surface area contributed by atoms with Gasteiger partial charge < -0.3 is 10.1 Å². The molecule has 0 heterocycles. The molecule has 6 heteroatoms. The van der Waals surface area contributed by atoms with Gasteiger partial charge >= 0.3 is 5.97 Å². The Morgan fingerprint density at radius 1 is 1.28 bits per heavy atom. The average Bonchev–Trinajstić information content (AvgIpc) is 2.35. The van der Waals surface area contributed by atoms with Gasteiger partial charge in [0.15, 0.2) is 17.5 Å². The van der Waals surface area contributed by atoms with Crippen molar-refractivity contribution in [1.82, 2.24) is 0 Å². The van der Waals surface area contributed by atoms with Gasteiger partial charge in [-0.3, -0.25) is 4.79 Å². The molecule has 0 aliphatic rings. The Hall–Kier alpha value is -1.72. The fraction of sp³-hybridized carbons (Fsp3) is 0.417. The molecule has 18 heavy (non-hydrogen) atoms. The minimum absolute atomic E-state index is 0.277. The van der Waals surface area contributed by atoms with Gasteiger partial charge in [-0.15, -0.1) is 0 Å². The molecule has 0 spiro atoms. The second-order valence-electron chi connectivity index (χ2n) is 3.65. The van der Waals surface area contributed by atoms with Crippen LogP contribution in [-0.4, -0.2) is 19.1 Å². The molecule has 0 atom stereocenters. The predicted molar refractivity (Wildman–Crippen MR) is 60.7 cm³/mol. The van der Waals surface area contributed by atoms with E-state index in [-0.39, 0.29) is 18.8 Å². The van der Waals surface area contributed by atoms with Crippen LogP contribution in [0.1, 0.15) is 19.8 Å². The molecule has 0 fully saturated rings. The molecule has 0 radical (unpaired) electrons. The first kappa shape index (κ1) is 14.3. The van der Waals surface area contributed by atoms with Gasteiger partial charge in [-0.25, -0.2) is 13.2 Å². The first-order valence-corrected chi connectivity index (χ1v) is 5.59. The highest BCUT2D eigenvalue weighted by Gasteiger charge is 2.13. The Bertz CT molecular complexity index is 424. The molecule has 0 aliphatic carbocycles. The number of ether oxygens (including phenoxy) is 1. The summed E-state index contributed by atoms with van der Waals surface area (Å²) in [6.07, 6.45) is 1.63. The van der Waals surface area contributed by atoms with Gasteiger partial charge in [0.05, 0.1) is 12.3 Å². The highest BCUT2D eigenvalue weighted by Crippen LogP contribution is 2.19. The minimum atomic E-state index is -1.57. The maximum Gasteiger partial charge on any atom is 0.325 e. The Morgan fingerprint density at radius 2 is 2.00 bits per heavy atom. The maximum absolute atomic E-state index is 13.2. The van der Waals surface area contributed by atoms with E-state index in [2.05, 4.69) is 5.32 Å². The van der Waals surface area contributed by atoms with Gasteiger partial charge in [-0.2, -0.15) is 0 Å². The second-order valence-corrected chi connectivity index (χ2v) is 3.65. The van der Waals surface area contributed by atoms with E-state index < -0.39 is 23.4 Å². The van der Waals surface area contributed by atoms with Crippen LogP contribution >= 0.6 is 0 Å². The van der Waals surface area contributed by atoms with E-state index in [4.69, 9.17) is 4.74 Å². The van der Waals surface area contributed by atoms with E-state index in [1.807, 2.05) is 6.92 Å². The maximum atomic E-state index is 13.2. The second kappa shape index (κ2) is 6.88. The van der Waals surface area contributed by atoms with Gasteiger partial charge in [0, 0.05) is 0 Å². The van der Waals surface area contributed by atoms with Crippen molar-refractivity contribution in [2.45, 2.75) is 19.8 Å². The summed E-state index contributed by atoms with van der Waals surface area (Å²) in [6.45, 7) is 1.94. The van der Waals surface area contributed by atoms with Crippen LogP contribution in [-0.2, 0) is 9.53 Å². The molecule has 1 rings (SSSR count). The van der Waals surface area contributed by atoms with Crippen molar-refractivity contribution in [3.8, 4) is 0 Å². The number of carbonyl (C=O) groups excluding carboxylic acids is 1. The molecule has 100 valence electrons. The van der Waals surface area contributed by atoms with E-state index in [0.29, 0.717) is 0 Å². The minimum Gasteiger partial charge on any atom is -0.464 e. The molecule has 0 aliphatic heterocycles. The first-order chi connectivity index (χ1) is 8.56. The summed E-state index contributed by atoms with van der Waals surface area (Å²) in [5.74, 6) is -4.77. The highest BCUT2D eigenvalue weighted by molar-refractivity contribution is 5.75. The summed E-state index contributed by atoms with van der Waals surface area (Å²) in [7, 11) is 0. The smallest absolute Gasteiger partial charge is 0.325 e. The van der Waals surface area contributed by atoms with E-state index >= 15 is 0 Å². The SMILES string of the molecule is CCCCOC(=O)CNc1ccc(F)c(F)c1F. The predicted octanol–water partition coefficient (Wildman–Crippen LogP) is 2.86. The molecule has 1 N–H and O–H groups in total. The number of esters is 1. The quantitative estimate of drug-likeness (QED) is 0.486. The molecule has 0 saturated carbocycles. The zero-order chi connectivity index (χ0) is 13.5. The van der Waals surface area contributed by atoms with E-state index in [0.717, 1.165) is 25.0 Å². The molecule has 0 bridgehead atoms. The third-order valence-electron chi connectivity index (χ3n) is 2.22. The van der Waals surface area contributed by atoms with Crippen LogP contribution in [0.3, 0.4) is 0 Å². The van der Waals surface area contributed by atoms with Crippen LogP contribution in [0.2, 0.25) is 0 Å². The van der Waals surface area contributed by atoms with Crippen LogP contribution in [0, 0.1) is 17.5 Å². The standard InChI is InChI=1S/C12H14F3NO2/c1-2-3-6-18-10(17)7-16-9-5-4-8(13)11(14)12(9)15/h4-5,16H,2-3,6-7H2,1H3. The summed E-state index contributed by atoms with van der Waals surface area (Å²) in [6, 6.07) is 1.80. The Balaban J connectivity index is 2.49. The fourth-order valence-electron chi connectivity index (χ4n) is 1.21. The van der Waals surface area contributed by atoms with Gasteiger partial charge in [-0.05, 0) is 18.6 Å². The number of hydrogen-bond donors (Lipinski definition) is 1. The van der Waals surface area contributed by atoms with Crippen molar-refractivity contribution in [2.24, 2.45) is 0 Å². The van der Waals surface area contributed by atoms with Crippen LogP contribution in [0.5, 0.6) is 0 Å². The summed E-state index contributed by atoms with van der Waals surface area (Å²) >= 11 is 0. The molecular weight excluding hydrogens is 247 g/mol. The molecule has 1 aromatic carbocycles. The number of halogens is 3. The van der Waals surface area contributed by atoms with Crippen molar-refractivity contribution >= 4 is 11.7 Å². The number of nitrogens with one attached hydrogen (secondary N) is 1. The van der Waals surface area contributed by atoms with Gasteiger partial charge in [0.1, 0.15) is 6.54 Å². The van der Waals surface area contributed by atoms with Crippen molar-refractivity contribution in [3.05, 3.63) is 29.6 Å². The number of benzene rings is 1. The van der Waals surface area contributed by atoms with E-state index in [1.54, 1.807) is 0 Å². The Kier molecular flexibility index (Phi) is 5.48. The van der Waals surface area contributed by atoms with Crippen molar-refractivity contribution < 1.29 is 22.7 Å². The van der Waals surface area contributed by atoms with Gasteiger partial charge in [0.2, 0.25) is 0 Å². The molecule has 0 amide bonds. The van der Waals surface area contributed by atoms with Crippen LogP contribution in [0.25, 0.3) is 0 Å². The van der Waals surface area contributed by atoms with Crippen molar-refractivity contribution in [1.29, 1.82) is 0 Å². The lowest BCUT2D eigenvalue weighted by molar-refractivity contribution is -0.141. The zero-order valence-electron chi connectivity index (χ0n) is 9.93. The largest absolute Gasteiger partial charge is 0.464 e. The summed E-state index contributed by atoms with van der Waals surface area (Å²) in [4.78, 5) is 11.2. The van der Waals surface area contributed by atoms with Crippen LogP contribution < -0.4 is 5.32 Å². The molecule has 1 aromatic rings. The molecule has 0 aromatic heterocycles. The summed E-state index contributed by atoms with van der Waals surface area (Å²) < 4.78 is 43.5. The lowest BCUT2D eigenvalue weighted by atomic mass is 10.3. The third-order valence-corrected chi connectivity index (χ3v) is 2.22.